The summed E-state index contributed by atoms with van der Waals surface area (Å²) in [5.41, 5.74) is 0.647. The molecule has 0 aliphatic heterocycles. The number of aromatic nitrogens is 2. The van der Waals surface area contributed by atoms with Crippen LogP contribution in [0.15, 0.2) is 35.5 Å². The van der Waals surface area contributed by atoms with Gasteiger partial charge < -0.3 is 14.4 Å². The second-order valence-electron chi connectivity index (χ2n) is 5.43. The summed E-state index contributed by atoms with van der Waals surface area (Å²) in [6.45, 7) is 0.322. The van der Waals surface area contributed by atoms with Gasteiger partial charge in [0, 0.05) is 13.0 Å². The Morgan fingerprint density at radius 1 is 1.19 bits per heavy atom. The summed E-state index contributed by atoms with van der Waals surface area (Å²) < 4.78 is 68.8. The van der Waals surface area contributed by atoms with E-state index in [9.17, 15) is 27.2 Å². The average Bonchev–Trinajstić information content (AvgIpc) is 2.59. The molecule has 5 nitrogen and oxygen atoms in total. The zero-order chi connectivity index (χ0) is 19.5. The molecule has 2 aromatic rings. The number of alkyl halides is 4. The van der Waals surface area contributed by atoms with E-state index >= 15 is 0 Å². The quantitative estimate of drug-likeness (QED) is 0.575. The number of hydrogen-bond donors (Lipinski definition) is 1. The molecule has 0 aliphatic rings. The molecular formula is C16H16F4N2O3S. The van der Waals surface area contributed by atoms with Crippen LogP contribution in [0.2, 0.25) is 0 Å². The van der Waals surface area contributed by atoms with E-state index in [-0.39, 0.29) is 18.6 Å². The van der Waals surface area contributed by atoms with Gasteiger partial charge in [0.15, 0.2) is 11.5 Å². The van der Waals surface area contributed by atoms with E-state index < -0.39 is 29.6 Å². The summed E-state index contributed by atoms with van der Waals surface area (Å²) in [5.74, 6) is -8.65. The van der Waals surface area contributed by atoms with Crippen LogP contribution >= 0.6 is 0 Å². The Morgan fingerprint density at radius 2 is 1.88 bits per heavy atom. The van der Waals surface area contributed by atoms with Crippen molar-refractivity contribution in [2.24, 2.45) is 0 Å². The molecule has 0 radical (unpaired) electrons. The van der Waals surface area contributed by atoms with Gasteiger partial charge in [0.2, 0.25) is 5.88 Å². The van der Waals surface area contributed by atoms with E-state index in [4.69, 9.17) is 4.74 Å². The van der Waals surface area contributed by atoms with Gasteiger partial charge in [-0.3, -0.25) is 4.98 Å². The van der Waals surface area contributed by atoms with E-state index in [1.54, 1.807) is 6.92 Å². The molecule has 2 heterocycles. The summed E-state index contributed by atoms with van der Waals surface area (Å²) in [4.78, 5) is 8.04. The van der Waals surface area contributed by atoms with E-state index in [1.165, 1.54) is 24.4 Å². The van der Waals surface area contributed by atoms with Crippen LogP contribution in [0.4, 0.5) is 17.6 Å². The summed E-state index contributed by atoms with van der Waals surface area (Å²) in [6.07, 6.45) is 2.34. The molecule has 2 aromatic heterocycles. The van der Waals surface area contributed by atoms with Crippen molar-refractivity contribution in [3.8, 4) is 22.9 Å². The topological polar surface area (TPSA) is 78.3 Å². The third-order valence-electron chi connectivity index (χ3n) is 3.44. The minimum atomic E-state index is -4.33. The Bertz CT molecular complexity index is 754. The van der Waals surface area contributed by atoms with Gasteiger partial charge in [-0.1, -0.05) is 0 Å². The van der Waals surface area contributed by atoms with Crippen molar-refractivity contribution >= 4 is 11.2 Å². The summed E-state index contributed by atoms with van der Waals surface area (Å²) in [7, 11) is 0. The molecule has 0 bridgehead atoms. The highest BCUT2D eigenvalue weighted by atomic mass is 32.2. The van der Waals surface area contributed by atoms with E-state index in [0.29, 0.717) is 21.9 Å². The number of hydrogen-bond acceptors (Lipinski definition) is 5. The summed E-state index contributed by atoms with van der Waals surface area (Å²) >= 11 is -1.37. The van der Waals surface area contributed by atoms with Crippen molar-refractivity contribution in [3.05, 3.63) is 30.6 Å². The van der Waals surface area contributed by atoms with Crippen molar-refractivity contribution in [2.45, 2.75) is 30.6 Å². The molecular weight excluding hydrogens is 376 g/mol. The van der Waals surface area contributed by atoms with E-state index in [0.717, 1.165) is 6.20 Å². The van der Waals surface area contributed by atoms with Crippen molar-refractivity contribution in [1.29, 1.82) is 0 Å². The Labute approximate surface area is 150 Å². The molecule has 2 rings (SSSR count). The van der Waals surface area contributed by atoms with Gasteiger partial charge in [0.05, 0.1) is 23.7 Å². The lowest BCUT2D eigenvalue weighted by atomic mass is 10.2. The zero-order valence-corrected chi connectivity index (χ0v) is 14.7. The molecule has 0 saturated heterocycles. The molecule has 0 aliphatic carbocycles. The first-order chi connectivity index (χ1) is 12.0. The lowest BCUT2D eigenvalue weighted by Gasteiger charge is -2.22. The lowest BCUT2D eigenvalue weighted by Crippen LogP contribution is -2.42. The maximum atomic E-state index is 13.2. The van der Waals surface area contributed by atoms with Crippen LogP contribution in [0.1, 0.15) is 13.8 Å². The average molecular weight is 392 g/mol. The normalized spacial score (nSPS) is 13.5. The van der Waals surface area contributed by atoms with E-state index in [2.05, 4.69) is 9.97 Å². The van der Waals surface area contributed by atoms with Crippen LogP contribution in [0.5, 0.6) is 11.6 Å². The first-order valence-corrected chi connectivity index (χ1v) is 8.79. The minimum Gasteiger partial charge on any atom is -0.611 e. The number of halogens is 4. The number of rotatable bonds is 7. The van der Waals surface area contributed by atoms with Gasteiger partial charge in [-0.2, -0.15) is 8.78 Å². The number of ether oxygens (including phenoxy) is 1. The molecule has 1 unspecified atom stereocenters. The fourth-order valence-corrected chi connectivity index (χ4v) is 2.78. The fourth-order valence-electron chi connectivity index (χ4n) is 1.89. The third kappa shape index (κ3) is 4.55. The highest BCUT2D eigenvalue weighted by Gasteiger charge is 2.52. The molecule has 0 spiro atoms. The highest BCUT2D eigenvalue weighted by molar-refractivity contribution is 7.91. The highest BCUT2D eigenvalue weighted by Crippen LogP contribution is 2.34. The summed E-state index contributed by atoms with van der Waals surface area (Å²) in [6, 6.07) is 3.92. The molecule has 10 heteroatoms. The smallest absolute Gasteiger partial charge is 0.342 e. The van der Waals surface area contributed by atoms with Crippen LogP contribution in [-0.2, 0) is 11.2 Å². The predicted octanol–water partition coefficient (Wildman–Crippen LogP) is 3.65. The van der Waals surface area contributed by atoms with Gasteiger partial charge in [0.1, 0.15) is 11.5 Å². The first-order valence-electron chi connectivity index (χ1n) is 7.47. The largest absolute Gasteiger partial charge is 0.611 e. The number of nitrogens with zero attached hydrogens (tertiary/aromatic N) is 2. The fraction of sp³-hybridized carbons (Fsp3) is 0.375. The van der Waals surface area contributed by atoms with Crippen LogP contribution in [0.3, 0.4) is 0 Å². The molecule has 0 fully saturated rings. The second kappa shape index (κ2) is 7.67. The van der Waals surface area contributed by atoms with Crippen molar-refractivity contribution in [3.63, 3.8) is 0 Å². The zero-order valence-electron chi connectivity index (χ0n) is 13.9. The second-order valence-corrected chi connectivity index (χ2v) is 7.14. The Morgan fingerprint density at radius 3 is 2.42 bits per heavy atom. The predicted molar refractivity (Wildman–Crippen MR) is 87.1 cm³/mol. The van der Waals surface area contributed by atoms with Crippen molar-refractivity contribution in [1.82, 2.24) is 9.97 Å². The molecule has 26 heavy (non-hydrogen) atoms. The van der Waals surface area contributed by atoms with Crippen molar-refractivity contribution < 1.29 is 32.0 Å². The van der Waals surface area contributed by atoms with Gasteiger partial charge in [0.25, 0.3) is 0 Å². The minimum absolute atomic E-state index is 0.114. The number of pyridine rings is 2. The van der Waals surface area contributed by atoms with Crippen LogP contribution in [0, 0.1) is 0 Å². The molecule has 0 saturated carbocycles. The van der Waals surface area contributed by atoms with Crippen molar-refractivity contribution in [2.75, 3.05) is 12.4 Å². The summed E-state index contributed by atoms with van der Waals surface area (Å²) in [5, 5.41) is 9.54. The maximum Gasteiger partial charge on any atom is 0.342 e. The Kier molecular flexibility index (Phi) is 5.97. The molecule has 1 N–H and O–H groups in total. The molecule has 1 atom stereocenters. The monoisotopic (exact) mass is 392 g/mol. The maximum absolute atomic E-state index is 13.2. The van der Waals surface area contributed by atoms with Crippen LogP contribution in [-0.4, -0.2) is 43.8 Å². The van der Waals surface area contributed by atoms with Crippen LogP contribution < -0.4 is 4.74 Å². The van der Waals surface area contributed by atoms with Gasteiger partial charge in [-0.25, -0.2) is 13.8 Å². The first kappa shape index (κ1) is 20.2. The standard InChI is InChI=1S/C16H16F4N2O3S/c1-3-26(24)13-8-22-14(23)6-11(13)12-5-4-10(7-21-12)25-9-16(19,20)15(2,17)18/h4-8H,3,9H2,1-2H3,(H,22,23). The third-order valence-corrected chi connectivity index (χ3v) is 4.78. The molecule has 142 valence electrons. The van der Waals surface area contributed by atoms with Gasteiger partial charge in [-0.05, 0) is 30.2 Å². The molecule has 0 aromatic carbocycles. The lowest BCUT2D eigenvalue weighted by molar-refractivity contribution is -0.211. The van der Waals surface area contributed by atoms with E-state index in [1.807, 2.05) is 0 Å². The number of aromatic hydroxyl groups is 1. The Balaban J connectivity index is 2.22. The molecule has 0 amide bonds. The SMILES string of the molecule is CC[S+]([O-])c1cnc(O)cc1-c1ccc(OCC(F)(F)C(C)(F)F)cn1. The van der Waals surface area contributed by atoms with Crippen LogP contribution in [0.25, 0.3) is 11.3 Å². The Hall–Kier alpha value is -2.07. The van der Waals surface area contributed by atoms with Gasteiger partial charge in [-0.15, -0.1) is 0 Å². The van der Waals surface area contributed by atoms with Gasteiger partial charge >= 0.3 is 11.8 Å².